The smallest absolute Gasteiger partial charge is 0.261 e. The third-order valence-corrected chi connectivity index (χ3v) is 3.51. The molecule has 3 aromatic rings. The molecule has 0 aliphatic heterocycles. The molecule has 0 aliphatic carbocycles. The van der Waals surface area contributed by atoms with E-state index in [0.29, 0.717) is 17.1 Å². The Kier molecular flexibility index (Phi) is 3.51. The van der Waals surface area contributed by atoms with Crippen LogP contribution in [0.3, 0.4) is 0 Å². The molecule has 0 unspecified atom stereocenters. The van der Waals surface area contributed by atoms with Crippen LogP contribution in [0, 0.1) is 0 Å². The number of nitrogens with one attached hydrogen (secondary N) is 1. The number of carbonyl (C=O) groups excluding carboxylic acids is 1. The molecule has 7 heteroatoms. The van der Waals surface area contributed by atoms with Gasteiger partial charge in [0.15, 0.2) is 0 Å². The van der Waals surface area contributed by atoms with Gasteiger partial charge in [0.25, 0.3) is 5.91 Å². The van der Waals surface area contributed by atoms with Crippen LogP contribution in [0.5, 0.6) is 0 Å². The minimum absolute atomic E-state index is 0.0986. The van der Waals surface area contributed by atoms with Gasteiger partial charge >= 0.3 is 0 Å². The molecule has 0 radical (unpaired) electrons. The lowest BCUT2D eigenvalue weighted by Gasteiger charge is -2.00. The minimum atomic E-state index is -0.0986. The molecule has 100 valence electrons. The van der Waals surface area contributed by atoms with Gasteiger partial charge in [0.2, 0.25) is 0 Å². The monoisotopic (exact) mass is 285 g/mol. The molecule has 3 aromatic heterocycles. The Morgan fingerprint density at radius 1 is 1.30 bits per heavy atom. The van der Waals surface area contributed by atoms with Crippen molar-refractivity contribution in [2.24, 2.45) is 0 Å². The lowest BCUT2D eigenvalue weighted by Crippen LogP contribution is -2.21. The van der Waals surface area contributed by atoms with Crippen LogP contribution < -0.4 is 5.32 Å². The summed E-state index contributed by atoms with van der Waals surface area (Å²) in [5.41, 5.74) is 1.58. The van der Waals surface area contributed by atoms with Gasteiger partial charge in [0.05, 0.1) is 23.3 Å². The number of aromatic nitrogens is 4. The van der Waals surface area contributed by atoms with Gasteiger partial charge in [-0.05, 0) is 23.6 Å². The van der Waals surface area contributed by atoms with Gasteiger partial charge in [-0.3, -0.25) is 9.78 Å². The van der Waals surface area contributed by atoms with E-state index < -0.39 is 0 Å². The summed E-state index contributed by atoms with van der Waals surface area (Å²) in [4.78, 5) is 16.4. The number of pyridine rings is 1. The van der Waals surface area contributed by atoms with Crippen LogP contribution in [0.4, 0.5) is 0 Å². The van der Waals surface area contributed by atoms with Gasteiger partial charge in [0, 0.05) is 12.4 Å². The van der Waals surface area contributed by atoms with Crippen molar-refractivity contribution >= 4 is 17.2 Å². The Morgan fingerprint density at radius 3 is 2.90 bits per heavy atom. The zero-order valence-electron chi connectivity index (χ0n) is 10.4. The second kappa shape index (κ2) is 5.62. The maximum atomic E-state index is 11.8. The molecule has 1 amide bonds. The van der Waals surface area contributed by atoms with Crippen molar-refractivity contribution in [3.05, 3.63) is 58.8 Å². The quantitative estimate of drug-likeness (QED) is 0.791. The third kappa shape index (κ3) is 2.72. The molecule has 3 rings (SSSR count). The average Bonchev–Trinajstić information content (AvgIpc) is 3.17. The molecule has 3 heterocycles. The molecule has 0 fully saturated rings. The molecule has 0 bridgehead atoms. The third-order valence-electron chi connectivity index (χ3n) is 2.64. The lowest BCUT2D eigenvalue weighted by atomic mass is 10.4. The van der Waals surface area contributed by atoms with Crippen molar-refractivity contribution in [3.8, 4) is 5.69 Å². The Hall–Kier alpha value is -2.54. The molecule has 0 atom stereocenters. The van der Waals surface area contributed by atoms with Crippen molar-refractivity contribution in [1.29, 1.82) is 0 Å². The van der Waals surface area contributed by atoms with E-state index in [4.69, 9.17) is 0 Å². The van der Waals surface area contributed by atoms with Crippen LogP contribution in [0.1, 0.15) is 15.4 Å². The predicted octanol–water partition coefficient (Wildman–Crippen LogP) is 1.65. The first-order valence-electron chi connectivity index (χ1n) is 5.96. The fourth-order valence-corrected chi connectivity index (χ4v) is 2.31. The Labute approximate surface area is 119 Å². The fourth-order valence-electron chi connectivity index (χ4n) is 1.67. The molecule has 0 aliphatic rings. The van der Waals surface area contributed by atoms with E-state index in [2.05, 4.69) is 20.6 Å². The van der Waals surface area contributed by atoms with Crippen LogP contribution in [0.2, 0.25) is 0 Å². The van der Waals surface area contributed by atoms with E-state index in [1.54, 1.807) is 29.3 Å². The highest BCUT2D eigenvalue weighted by Gasteiger charge is 2.08. The maximum absolute atomic E-state index is 11.8. The summed E-state index contributed by atoms with van der Waals surface area (Å²) < 4.78 is 1.65. The zero-order chi connectivity index (χ0) is 13.8. The average molecular weight is 285 g/mol. The van der Waals surface area contributed by atoms with E-state index in [0.717, 1.165) is 5.69 Å². The predicted molar refractivity (Wildman–Crippen MR) is 74.6 cm³/mol. The van der Waals surface area contributed by atoms with Crippen LogP contribution in [-0.2, 0) is 6.54 Å². The molecular weight excluding hydrogens is 274 g/mol. The second-order valence-electron chi connectivity index (χ2n) is 4.02. The molecular formula is C13H11N5OS. The zero-order valence-corrected chi connectivity index (χ0v) is 11.2. The molecule has 6 nitrogen and oxygen atoms in total. The number of nitrogens with zero attached hydrogens (tertiary/aromatic N) is 4. The van der Waals surface area contributed by atoms with Gasteiger partial charge < -0.3 is 5.32 Å². The van der Waals surface area contributed by atoms with Crippen molar-refractivity contribution in [3.63, 3.8) is 0 Å². The Morgan fingerprint density at radius 2 is 2.15 bits per heavy atom. The summed E-state index contributed by atoms with van der Waals surface area (Å²) in [6.07, 6.45) is 5.16. The number of thiophene rings is 1. The summed E-state index contributed by atoms with van der Waals surface area (Å²) in [5, 5.41) is 12.7. The molecule has 0 saturated carbocycles. The standard InChI is InChI=1S/C13H11N5OS/c19-13(12-2-1-7-20-12)15-8-10-9-18(17-16-10)11-3-5-14-6-4-11/h1-7,9H,8H2,(H,15,19). The van der Waals surface area contributed by atoms with E-state index in [1.165, 1.54) is 11.3 Å². The van der Waals surface area contributed by atoms with Crippen molar-refractivity contribution in [1.82, 2.24) is 25.3 Å². The molecule has 0 saturated heterocycles. The first-order chi connectivity index (χ1) is 9.83. The van der Waals surface area contributed by atoms with Crippen LogP contribution in [-0.4, -0.2) is 25.9 Å². The van der Waals surface area contributed by atoms with E-state index in [-0.39, 0.29) is 5.91 Å². The minimum Gasteiger partial charge on any atom is -0.346 e. The lowest BCUT2D eigenvalue weighted by molar-refractivity contribution is 0.0954. The van der Waals surface area contributed by atoms with Crippen LogP contribution >= 0.6 is 11.3 Å². The normalized spacial score (nSPS) is 10.4. The highest BCUT2D eigenvalue weighted by atomic mass is 32.1. The summed E-state index contributed by atoms with van der Waals surface area (Å²) in [6.45, 7) is 0.349. The van der Waals surface area contributed by atoms with Crippen molar-refractivity contribution in [2.75, 3.05) is 0 Å². The van der Waals surface area contributed by atoms with Gasteiger partial charge in [-0.1, -0.05) is 11.3 Å². The summed E-state index contributed by atoms with van der Waals surface area (Å²) in [6, 6.07) is 7.30. The number of hydrogen-bond donors (Lipinski definition) is 1. The highest BCUT2D eigenvalue weighted by molar-refractivity contribution is 7.12. The van der Waals surface area contributed by atoms with Crippen LogP contribution in [0.25, 0.3) is 5.69 Å². The van der Waals surface area contributed by atoms with Gasteiger partial charge in [-0.2, -0.15) is 0 Å². The second-order valence-corrected chi connectivity index (χ2v) is 4.97. The van der Waals surface area contributed by atoms with E-state index in [1.807, 2.05) is 23.6 Å². The Balaban J connectivity index is 1.65. The number of carbonyl (C=O) groups is 1. The topological polar surface area (TPSA) is 72.7 Å². The van der Waals surface area contributed by atoms with Crippen molar-refractivity contribution < 1.29 is 4.79 Å². The Bertz CT molecular complexity index is 693. The van der Waals surface area contributed by atoms with Crippen molar-refractivity contribution in [2.45, 2.75) is 6.54 Å². The molecule has 1 N–H and O–H groups in total. The highest BCUT2D eigenvalue weighted by Crippen LogP contribution is 2.08. The SMILES string of the molecule is O=C(NCc1cn(-c2ccncc2)nn1)c1cccs1. The van der Waals surface area contributed by atoms with Gasteiger partial charge in [-0.15, -0.1) is 16.4 Å². The summed E-state index contributed by atoms with van der Waals surface area (Å²) in [5.74, 6) is -0.0986. The first kappa shape index (κ1) is 12.5. The van der Waals surface area contributed by atoms with Crippen LogP contribution in [0.15, 0.2) is 48.2 Å². The maximum Gasteiger partial charge on any atom is 0.261 e. The molecule has 20 heavy (non-hydrogen) atoms. The largest absolute Gasteiger partial charge is 0.346 e. The van der Waals surface area contributed by atoms with Gasteiger partial charge in [0.1, 0.15) is 5.69 Å². The summed E-state index contributed by atoms with van der Waals surface area (Å²) >= 11 is 1.41. The fraction of sp³-hybridized carbons (Fsp3) is 0.0769. The van der Waals surface area contributed by atoms with Gasteiger partial charge in [-0.25, -0.2) is 4.68 Å². The summed E-state index contributed by atoms with van der Waals surface area (Å²) in [7, 11) is 0. The number of amides is 1. The molecule has 0 aromatic carbocycles. The first-order valence-corrected chi connectivity index (χ1v) is 6.84. The molecule has 0 spiro atoms. The number of hydrogen-bond acceptors (Lipinski definition) is 5. The number of rotatable bonds is 4. The van der Waals surface area contributed by atoms with E-state index >= 15 is 0 Å². The van der Waals surface area contributed by atoms with E-state index in [9.17, 15) is 4.79 Å².